The van der Waals surface area contributed by atoms with Gasteiger partial charge in [-0.05, 0) is 155 Å². The van der Waals surface area contributed by atoms with Crippen LogP contribution >= 0.6 is 22.7 Å². The van der Waals surface area contributed by atoms with Crippen LogP contribution < -0.4 is 30.4 Å². The molecule has 0 spiro atoms. The van der Waals surface area contributed by atoms with Crippen molar-refractivity contribution in [2.45, 2.75) is 99.3 Å². The van der Waals surface area contributed by atoms with Crippen molar-refractivity contribution in [2.75, 3.05) is 14.7 Å². The van der Waals surface area contributed by atoms with Crippen molar-refractivity contribution in [3.05, 3.63) is 191 Å². The highest BCUT2D eigenvalue weighted by Gasteiger charge is 2.47. The van der Waals surface area contributed by atoms with Gasteiger partial charge in [0.1, 0.15) is 0 Å². The minimum Gasteiger partial charge on any atom is -0.311 e. The summed E-state index contributed by atoms with van der Waals surface area (Å²) >= 11 is 3.90. The summed E-state index contributed by atoms with van der Waals surface area (Å²) in [6.07, 6.45) is 0. The monoisotopic (exact) mass is 959 g/mol. The molecule has 3 nitrogen and oxygen atoms in total. The highest BCUT2D eigenvalue weighted by molar-refractivity contribution is 7.34. The van der Waals surface area contributed by atoms with Gasteiger partial charge in [0.2, 0.25) is 0 Å². The van der Waals surface area contributed by atoms with Gasteiger partial charge in [-0.1, -0.05) is 146 Å². The SMILES string of the molecule is Cc1ccc(N(c2ccc(C)cc2)c2cc3c(c4c2sc2ccccc24)N(c2ccc(C(C)(C)C)cc2)c2cc(C)cc4c2B3c2sc3ccc(C(C)(C)C)cc3c2N4c2ccc(C(C)(C)C)cc2)cc1. The molecule has 0 radical (unpaired) electrons. The predicted octanol–water partition coefficient (Wildman–Crippen LogP) is 17.6. The van der Waals surface area contributed by atoms with Gasteiger partial charge < -0.3 is 14.7 Å². The predicted molar refractivity (Wildman–Crippen MR) is 314 cm³/mol. The van der Waals surface area contributed by atoms with E-state index in [4.69, 9.17) is 0 Å². The van der Waals surface area contributed by atoms with Crippen molar-refractivity contribution in [2.24, 2.45) is 0 Å². The molecule has 0 bridgehead atoms. The largest absolute Gasteiger partial charge is 0.311 e. The summed E-state index contributed by atoms with van der Waals surface area (Å²) in [7, 11) is 0. The fourth-order valence-corrected chi connectivity index (χ4v) is 13.7. The van der Waals surface area contributed by atoms with Crippen LogP contribution in [-0.2, 0) is 16.2 Å². The maximum absolute atomic E-state index is 2.65. The zero-order chi connectivity index (χ0) is 49.5. The molecule has 0 atom stereocenters. The van der Waals surface area contributed by atoms with Crippen LogP contribution in [0.25, 0.3) is 30.3 Å². The zero-order valence-electron chi connectivity index (χ0n) is 43.2. The molecule has 2 aliphatic rings. The molecule has 6 heteroatoms. The Hall–Kier alpha value is -6.60. The summed E-state index contributed by atoms with van der Waals surface area (Å²) in [6.45, 7) is 27.5. The molecule has 10 aromatic rings. The van der Waals surface area contributed by atoms with Gasteiger partial charge in [0.05, 0.1) is 21.8 Å². The summed E-state index contributed by atoms with van der Waals surface area (Å²) in [4.78, 5) is 7.80. The number of nitrogens with zero attached hydrogens (tertiary/aromatic N) is 3. The summed E-state index contributed by atoms with van der Waals surface area (Å²) in [6, 6.07) is 61.1. The quantitative estimate of drug-likeness (QED) is 0.159. The van der Waals surface area contributed by atoms with Gasteiger partial charge in [-0.3, -0.25) is 0 Å². The minimum atomic E-state index is -0.0593. The van der Waals surface area contributed by atoms with Gasteiger partial charge in [0, 0.05) is 64.5 Å². The Balaban J connectivity index is 1.25. The van der Waals surface area contributed by atoms with Gasteiger partial charge in [-0.15, -0.1) is 22.7 Å². The maximum Gasteiger partial charge on any atom is 0.264 e. The average Bonchev–Trinajstić information content (AvgIpc) is 3.91. The van der Waals surface area contributed by atoms with E-state index >= 15 is 0 Å². The fraction of sp³-hybridized carbons (Fsp3) is 0.231. The van der Waals surface area contributed by atoms with Gasteiger partial charge in [-0.2, -0.15) is 0 Å². The molecule has 0 saturated heterocycles. The molecule has 12 rings (SSSR count). The van der Waals surface area contributed by atoms with E-state index in [-0.39, 0.29) is 23.0 Å². The van der Waals surface area contributed by atoms with Crippen LogP contribution in [0, 0.1) is 20.8 Å². The van der Waals surface area contributed by atoms with E-state index in [1.54, 1.807) is 0 Å². The molecule has 4 heterocycles. The Kier molecular flexibility index (Phi) is 10.4. The molecular weight excluding hydrogens is 898 g/mol. The third-order valence-corrected chi connectivity index (χ3v) is 17.5. The highest BCUT2D eigenvalue weighted by Crippen LogP contribution is 2.54. The first kappa shape index (κ1) is 45.5. The summed E-state index contributed by atoms with van der Waals surface area (Å²) in [5.74, 6) is 0. The average molecular weight is 960 g/mol. The molecule has 0 saturated carbocycles. The number of fused-ring (bicyclic) bond motifs is 10. The van der Waals surface area contributed by atoms with E-state index in [0.717, 1.165) is 11.4 Å². The number of rotatable bonds is 5. The molecule has 0 fully saturated rings. The Labute approximate surface area is 429 Å². The number of benzene rings is 8. The summed E-state index contributed by atoms with van der Waals surface area (Å²) < 4.78 is 5.26. The number of thiophene rings is 2. The van der Waals surface area contributed by atoms with Crippen LogP contribution in [0.15, 0.2) is 158 Å². The molecule has 0 aliphatic carbocycles. The molecule has 0 amide bonds. The van der Waals surface area contributed by atoms with E-state index in [9.17, 15) is 0 Å². The second-order valence-electron chi connectivity index (χ2n) is 23.3. The lowest BCUT2D eigenvalue weighted by molar-refractivity contribution is 0.590. The summed E-state index contributed by atoms with van der Waals surface area (Å²) in [5, 5.41) is 3.90. The van der Waals surface area contributed by atoms with E-state index in [1.165, 1.54) is 119 Å². The second-order valence-corrected chi connectivity index (χ2v) is 25.5. The molecule has 2 aromatic heterocycles. The fourth-order valence-electron chi connectivity index (χ4n) is 11.2. The summed E-state index contributed by atoms with van der Waals surface area (Å²) in [5.41, 5.74) is 21.3. The van der Waals surface area contributed by atoms with Crippen LogP contribution in [-0.4, -0.2) is 6.71 Å². The van der Waals surface area contributed by atoms with Crippen molar-refractivity contribution in [3.63, 3.8) is 0 Å². The van der Waals surface area contributed by atoms with Gasteiger partial charge in [-0.25, -0.2) is 0 Å². The lowest BCUT2D eigenvalue weighted by atomic mass is 9.36. The third kappa shape index (κ3) is 7.43. The zero-order valence-corrected chi connectivity index (χ0v) is 44.9. The second kappa shape index (κ2) is 16.2. The minimum absolute atomic E-state index is 0.0144. The first-order valence-electron chi connectivity index (χ1n) is 25.3. The molecule has 2 aliphatic heterocycles. The Morgan fingerprint density at radius 3 is 1.48 bits per heavy atom. The number of hydrogen-bond donors (Lipinski definition) is 0. The van der Waals surface area contributed by atoms with Crippen LogP contribution in [0.1, 0.15) is 95.7 Å². The van der Waals surface area contributed by atoms with Crippen molar-refractivity contribution >= 4 is 127 Å². The lowest BCUT2D eigenvalue weighted by Gasteiger charge is -2.44. The standard InChI is InChI=1S/C65H62BN3S2/c1-39-17-26-45(27-18-39)67(46-28-19-40(2)20-29-46)54-38-51-60(57-49-15-13-14-16-55(49)70-61(54)57)69(48-32-23-43(24-33-48)64(7,8)9)53-36-41(3)35-52-58(53)66(51)62-59(50-37-44(65(10,11)12)25-34-56(50)71-62)68(52)47-30-21-42(22-31-47)63(4,5)6/h13-38H,1-12H3. The van der Waals surface area contributed by atoms with Gasteiger partial charge >= 0.3 is 0 Å². The van der Waals surface area contributed by atoms with E-state index < -0.39 is 0 Å². The molecule has 352 valence electrons. The van der Waals surface area contributed by atoms with E-state index in [0.29, 0.717) is 0 Å². The van der Waals surface area contributed by atoms with Crippen molar-refractivity contribution in [1.29, 1.82) is 0 Å². The number of anilines is 9. The number of aryl methyl sites for hydroxylation is 3. The molecule has 0 N–H and O–H groups in total. The van der Waals surface area contributed by atoms with Crippen molar-refractivity contribution < 1.29 is 0 Å². The van der Waals surface area contributed by atoms with Crippen LogP contribution in [0.4, 0.5) is 51.2 Å². The lowest BCUT2D eigenvalue weighted by Crippen LogP contribution is -2.60. The van der Waals surface area contributed by atoms with Crippen molar-refractivity contribution in [3.8, 4) is 0 Å². The van der Waals surface area contributed by atoms with E-state index in [2.05, 4.69) is 256 Å². The molecule has 0 unspecified atom stereocenters. The Bertz CT molecular complexity index is 3680. The number of hydrogen-bond acceptors (Lipinski definition) is 5. The first-order valence-corrected chi connectivity index (χ1v) is 26.9. The highest BCUT2D eigenvalue weighted by atomic mass is 32.1. The van der Waals surface area contributed by atoms with Gasteiger partial charge in [0.15, 0.2) is 0 Å². The van der Waals surface area contributed by atoms with Crippen LogP contribution in [0.3, 0.4) is 0 Å². The van der Waals surface area contributed by atoms with E-state index in [1.807, 2.05) is 22.7 Å². The van der Waals surface area contributed by atoms with Crippen LogP contribution in [0.2, 0.25) is 0 Å². The van der Waals surface area contributed by atoms with Crippen molar-refractivity contribution in [1.82, 2.24) is 0 Å². The third-order valence-electron chi connectivity index (χ3n) is 15.1. The maximum atomic E-state index is 2.65. The Morgan fingerprint density at radius 2 is 0.944 bits per heavy atom. The topological polar surface area (TPSA) is 9.72 Å². The first-order chi connectivity index (χ1) is 33.8. The van der Waals surface area contributed by atoms with Crippen LogP contribution in [0.5, 0.6) is 0 Å². The smallest absolute Gasteiger partial charge is 0.264 e. The molecule has 71 heavy (non-hydrogen) atoms. The normalized spacial score (nSPS) is 13.5. The molecular formula is C65H62BN3S2. The molecule has 8 aromatic carbocycles. The Morgan fingerprint density at radius 1 is 0.451 bits per heavy atom. The van der Waals surface area contributed by atoms with Gasteiger partial charge in [0.25, 0.3) is 6.71 Å².